The third-order valence-electron chi connectivity index (χ3n) is 8.75. The Balaban J connectivity index is 4.47. The second kappa shape index (κ2) is 36.1. The molecule has 0 aromatic rings. The number of nitrogens with one attached hydrogen (secondary N) is 1. The highest BCUT2D eigenvalue weighted by Gasteiger charge is 2.27. The maximum atomic E-state index is 12.7. The minimum atomic E-state index is -4.40. The van der Waals surface area contributed by atoms with Crippen molar-refractivity contribution in [3.8, 4) is 0 Å². The fourth-order valence-electron chi connectivity index (χ4n) is 5.68. The summed E-state index contributed by atoms with van der Waals surface area (Å²) in [6.45, 7) is 3.91. The molecule has 9 nitrogen and oxygen atoms in total. The van der Waals surface area contributed by atoms with Gasteiger partial charge in [0.2, 0.25) is 5.91 Å². The van der Waals surface area contributed by atoms with E-state index in [4.69, 9.17) is 14.8 Å². The van der Waals surface area contributed by atoms with E-state index in [1.165, 1.54) is 96.3 Å². The van der Waals surface area contributed by atoms with E-state index in [1.807, 2.05) is 6.08 Å². The van der Waals surface area contributed by atoms with Gasteiger partial charge in [0, 0.05) is 6.54 Å². The lowest BCUT2D eigenvalue weighted by molar-refractivity contribution is -0.124. The summed E-state index contributed by atoms with van der Waals surface area (Å²) in [6.07, 6.45) is 38.1. The number of amides is 1. The van der Waals surface area contributed by atoms with E-state index in [2.05, 4.69) is 43.5 Å². The minimum absolute atomic E-state index is 0.0425. The van der Waals surface area contributed by atoms with Crippen molar-refractivity contribution in [2.24, 2.45) is 5.73 Å². The Kier molecular flexibility index (Phi) is 35.1. The van der Waals surface area contributed by atoms with Gasteiger partial charge in [0.15, 0.2) is 0 Å². The SMILES string of the molecule is CCCCCCCCCC/C=C/CC/C=C/CC/C=C/C(O)C(COP(=O)(O)OCCN)NC(=O)CC(O)CCCCCCCCCCCC. The van der Waals surface area contributed by atoms with Crippen LogP contribution in [0.3, 0.4) is 0 Å². The molecule has 6 N–H and O–H groups in total. The third-order valence-corrected chi connectivity index (χ3v) is 9.74. The molecule has 1 amide bonds. The second-order valence-electron chi connectivity index (χ2n) is 13.7. The Hall–Kier alpha value is -1.32. The van der Waals surface area contributed by atoms with Crippen LogP contribution in [0.15, 0.2) is 36.5 Å². The molecule has 294 valence electrons. The number of aliphatic hydroxyl groups is 2. The molecule has 0 aromatic heterocycles. The summed E-state index contributed by atoms with van der Waals surface area (Å²) < 4.78 is 22.0. The molecule has 0 saturated heterocycles. The molecule has 0 fully saturated rings. The molecule has 0 spiro atoms. The van der Waals surface area contributed by atoms with Crippen LogP contribution in [0.1, 0.15) is 174 Å². The molecular formula is C40H77N2O7P. The lowest BCUT2D eigenvalue weighted by Gasteiger charge is -2.24. The number of allylic oxidation sites excluding steroid dienone is 5. The molecule has 0 bridgehead atoms. The van der Waals surface area contributed by atoms with Crippen LogP contribution >= 0.6 is 7.82 Å². The molecular weight excluding hydrogens is 651 g/mol. The van der Waals surface area contributed by atoms with Crippen molar-refractivity contribution in [1.82, 2.24) is 5.32 Å². The molecule has 50 heavy (non-hydrogen) atoms. The van der Waals surface area contributed by atoms with Crippen molar-refractivity contribution in [3.63, 3.8) is 0 Å². The number of nitrogens with two attached hydrogens (primary N) is 1. The summed E-state index contributed by atoms with van der Waals surface area (Å²) in [7, 11) is -4.40. The first-order chi connectivity index (χ1) is 24.3. The van der Waals surface area contributed by atoms with Crippen LogP contribution in [0.25, 0.3) is 0 Å². The molecule has 0 radical (unpaired) electrons. The Labute approximate surface area is 306 Å². The van der Waals surface area contributed by atoms with Gasteiger partial charge in [0.25, 0.3) is 0 Å². The molecule has 4 unspecified atom stereocenters. The van der Waals surface area contributed by atoms with Crippen LogP contribution in [0.2, 0.25) is 0 Å². The quantitative estimate of drug-likeness (QED) is 0.0241. The molecule has 0 aliphatic carbocycles. The number of rotatable bonds is 37. The molecule has 10 heteroatoms. The largest absolute Gasteiger partial charge is 0.472 e. The van der Waals surface area contributed by atoms with Gasteiger partial charge in [0.1, 0.15) is 0 Å². The van der Waals surface area contributed by atoms with Crippen LogP contribution in [0.5, 0.6) is 0 Å². The van der Waals surface area contributed by atoms with E-state index >= 15 is 0 Å². The summed E-state index contributed by atoms with van der Waals surface area (Å²) in [5, 5.41) is 23.9. The van der Waals surface area contributed by atoms with E-state index < -0.39 is 38.6 Å². The van der Waals surface area contributed by atoms with Gasteiger partial charge in [-0.25, -0.2) is 4.57 Å². The normalized spacial score (nSPS) is 15.2. The smallest absolute Gasteiger partial charge is 0.393 e. The summed E-state index contributed by atoms with van der Waals surface area (Å²) in [4.78, 5) is 22.6. The van der Waals surface area contributed by atoms with Crippen LogP contribution < -0.4 is 11.1 Å². The number of hydrogen-bond donors (Lipinski definition) is 5. The number of unbranched alkanes of at least 4 members (excludes halogenated alkanes) is 19. The molecule has 0 aliphatic rings. The molecule has 0 aliphatic heterocycles. The maximum Gasteiger partial charge on any atom is 0.472 e. The van der Waals surface area contributed by atoms with Crippen molar-refractivity contribution < 1.29 is 33.5 Å². The van der Waals surface area contributed by atoms with Gasteiger partial charge in [-0.1, -0.05) is 159 Å². The van der Waals surface area contributed by atoms with Gasteiger partial charge in [-0.15, -0.1) is 0 Å². The zero-order valence-electron chi connectivity index (χ0n) is 32.0. The zero-order valence-corrected chi connectivity index (χ0v) is 32.9. The highest BCUT2D eigenvalue weighted by molar-refractivity contribution is 7.47. The number of carbonyl (C=O) groups is 1. The van der Waals surface area contributed by atoms with Crippen molar-refractivity contribution in [2.45, 2.75) is 193 Å². The molecule has 0 aromatic carbocycles. The summed E-state index contributed by atoms with van der Waals surface area (Å²) >= 11 is 0. The molecule has 4 atom stereocenters. The maximum absolute atomic E-state index is 12.7. The second-order valence-corrected chi connectivity index (χ2v) is 15.1. The van der Waals surface area contributed by atoms with E-state index in [0.29, 0.717) is 12.8 Å². The van der Waals surface area contributed by atoms with E-state index in [1.54, 1.807) is 6.08 Å². The van der Waals surface area contributed by atoms with Crippen LogP contribution in [-0.2, 0) is 18.4 Å². The number of phosphoric ester groups is 1. The predicted octanol–water partition coefficient (Wildman–Crippen LogP) is 9.75. The Bertz CT molecular complexity index is 899. The molecule has 0 saturated carbocycles. The first kappa shape index (κ1) is 48.7. The summed E-state index contributed by atoms with van der Waals surface area (Å²) in [6, 6.07) is -1.00. The van der Waals surface area contributed by atoms with Crippen LogP contribution in [0.4, 0.5) is 0 Å². The number of aliphatic hydroxyl groups excluding tert-OH is 2. The Morgan fingerprint density at radius 1 is 0.680 bits per heavy atom. The van der Waals surface area contributed by atoms with Gasteiger partial charge < -0.3 is 26.2 Å². The van der Waals surface area contributed by atoms with Gasteiger partial charge in [-0.2, -0.15) is 0 Å². The first-order valence-corrected chi connectivity index (χ1v) is 21.7. The van der Waals surface area contributed by atoms with Crippen molar-refractivity contribution in [1.29, 1.82) is 0 Å². The van der Waals surface area contributed by atoms with Gasteiger partial charge in [-0.3, -0.25) is 13.8 Å². The standard InChI is InChI=1S/C40H77N2O7P/c1-3-5-7-9-11-13-15-16-17-18-19-20-21-22-24-26-28-30-32-39(44)38(36-49-50(46,47)48-34-33-41)42-40(45)35-37(43)31-29-27-25-23-14-12-10-8-6-4-2/h18-19,22,24,30,32,37-39,43-44H,3-17,20-21,23,25-29,31,33-36,41H2,1-2H3,(H,42,45)(H,46,47)/b19-18+,24-22+,32-30+. The Morgan fingerprint density at radius 3 is 1.66 bits per heavy atom. The number of carbonyl (C=O) groups excluding carboxylic acids is 1. The van der Waals surface area contributed by atoms with Crippen molar-refractivity contribution >= 4 is 13.7 Å². The monoisotopic (exact) mass is 729 g/mol. The molecule has 0 heterocycles. The number of phosphoric acid groups is 1. The minimum Gasteiger partial charge on any atom is -0.393 e. The fourth-order valence-corrected chi connectivity index (χ4v) is 6.44. The van der Waals surface area contributed by atoms with E-state index in [9.17, 15) is 24.5 Å². The average molecular weight is 729 g/mol. The summed E-state index contributed by atoms with van der Waals surface area (Å²) in [5.74, 6) is -0.462. The van der Waals surface area contributed by atoms with Crippen molar-refractivity contribution in [2.75, 3.05) is 19.8 Å². The van der Waals surface area contributed by atoms with Crippen LogP contribution in [-0.4, -0.2) is 59.0 Å². The number of hydrogen-bond acceptors (Lipinski definition) is 7. The first-order valence-electron chi connectivity index (χ1n) is 20.2. The zero-order chi connectivity index (χ0) is 37.0. The van der Waals surface area contributed by atoms with Gasteiger partial charge in [-0.05, 0) is 44.9 Å². The van der Waals surface area contributed by atoms with Crippen molar-refractivity contribution in [3.05, 3.63) is 36.5 Å². The lowest BCUT2D eigenvalue weighted by Crippen LogP contribution is -2.46. The Morgan fingerprint density at radius 2 is 1.14 bits per heavy atom. The lowest BCUT2D eigenvalue weighted by atomic mass is 10.0. The van der Waals surface area contributed by atoms with E-state index in [-0.39, 0.29) is 19.6 Å². The summed E-state index contributed by atoms with van der Waals surface area (Å²) in [5.41, 5.74) is 5.34. The van der Waals surface area contributed by atoms with Gasteiger partial charge in [0.05, 0.1) is 37.9 Å². The van der Waals surface area contributed by atoms with Crippen LogP contribution in [0, 0.1) is 0 Å². The van der Waals surface area contributed by atoms with Gasteiger partial charge >= 0.3 is 7.82 Å². The third kappa shape index (κ3) is 33.8. The van der Waals surface area contributed by atoms with E-state index in [0.717, 1.165) is 44.9 Å². The average Bonchev–Trinajstić information content (AvgIpc) is 3.09. The molecule has 0 rings (SSSR count). The highest BCUT2D eigenvalue weighted by atomic mass is 31.2. The highest BCUT2D eigenvalue weighted by Crippen LogP contribution is 2.43. The fraction of sp³-hybridized carbons (Fsp3) is 0.825. The topological polar surface area (TPSA) is 151 Å². The predicted molar refractivity (Wildman–Crippen MR) is 209 cm³/mol.